The molecule has 2 aromatic rings. The minimum absolute atomic E-state index is 0.182. The number of carbonyl (C=O) groups is 1. The lowest BCUT2D eigenvalue weighted by atomic mass is 10.0. The molecule has 0 bridgehead atoms. The van der Waals surface area contributed by atoms with E-state index in [1.54, 1.807) is 0 Å². The van der Waals surface area contributed by atoms with E-state index in [1.807, 2.05) is 43.3 Å². The number of hydrogen-bond acceptors (Lipinski definition) is 3. The molecule has 0 radical (unpaired) electrons. The van der Waals surface area contributed by atoms with Crippen molar-refractivity contribution in [3.63, 3.8) is 0 Å². The van der Waals surface area contributed by atoms with E-state index in [2.05, 4.69) is 30.9 Å². The molecule has 0 N–H and O–H groups in total. The Bertz CT molecular complexity index is 717. The number of rotatable bonds is 5. The minimum atomic E-state index is 0.182. The standard InChI is InChI=1S/C18H28N4O/c1-11(2)14(5)21(7)18(23)9-8-16-13(4)19-17-10-12(3)20-22(17)15(16)6/h10-11,14H,8-9H2,1-7H3. The second kappa shape index (κ2) is 6.69. The van der Waals surface area contributed by atoms with Crippen molar-refractivity contribution < 1.29 is 4.79 Å². The number of amides is 1. The van der Waals surface area contributed by atoms with Crippen LogP contribution in [-0.4, -0.2) is 38.5 Å². The van der Waals surface area contributed by atoms with Crippen LogP contribution in [0.1, 0.15) is 49.8 Å². The van der Waals surface area contributed by atoms with E-state index in [4.69, 9.17) is 0 Å². The first-order valence-corrected chi connectivity index (χ1v) is 8.30. The number of hydrogen-bond donors (Lipinski definition) is 0. The van der Waals surface area contributed by atoms with Crippen molar-refractivity contribution in [2.45, 2.75) is 60.4 Å². The fourth-order valence-electron chi connectivity index (χ4n) is 2.89. The Morgan fingerprint density at radius 3 is 2.52 bits per heavy atom. The molecule has 0 fully saturated rings. The molecule has 2 rings (SSSR count). The van der Waals surface area contributed by atoms with Gasteiger partial charge in [0.15, 0.2) is 5.65 Å². The molecule has 0 saturated carbocycles. The lowest BCUT2D eigenvalue weighted by Crippen LogP contribution is -2.38. The molecule has 0 aromatic carbocycles. The van der Waals surface area contributed by atoms with Crippen LogP contribution in [0.4, 0.5) is 0 Å². The maximum absolute atomic E-state index is 12.4. The summed E-state index contributed by atoms with van der Waals surface area (Å²) in [6.07, 6.45) is 1.20. The molecule has 0 aliphatic rings. The van der Waals surface area contributed by atoms with Gasteiger partial charge < -0.3 is 4.90 Å². The van der Waals surface area contributed by atoms with Crippen LogP contribution in [0.5, 0.6) is 0 Å². The summed E-state index contributed by atoms with van der Waals surface area (Å²) in [6, 6.07) is 2.23. The van der Waals surface area contributed by atoms with E-state index in [1.165, 1.54) is 0 Å². The summed E-state index contributed by atoms with van der Waals surface area (Å²) in [6.45, 7) is 12.4. The topological polar surface area (TPSA) is 50.5 Å². The van der Waals surface area contributed by atoms with Crippen LogP contribution in [0.15, 0.2) is 6.07 Å². The number of fused-ring (bicyclic) bond motifs is 1. The second-order valence-electron chi connectivity index (χ2n) is 6.81. The van der Waals surface area contributed by atoms with Crippen LogP contribution in [-0.2, 0) is 11.2 Å². The van der Waals surface area contributed by atoms with Crippen LogP contribution < -0.4 is 0 Å². The Labute approximate surface area is 138 Å². The predicted molar refractivity (Wildman–Crippen MR) is 92.6 cm³/mol. The van der Waals surface area contributed by atoms with Crippen LogP contribution in [0.3, 0.4) is 0 Å². The third kappa shape index (κ3) is 3.54. The zero-order valence-electron chi connectivity index (χ0n) is 15.3. The van der Waals surface area contributed by atoms with E-state index in [9.17, 15) is 4.79 Å². The van der Waals surface area contributed by atoms with Crippen LogP contribution in [0.25, 0.3) is 5.65 Å². The molecule has 2 heterocycles. The first-order valence-electron chi connectivity index (χ1n) is 8.30. The molecular formula is C18H28N4O. The molecule has 5 heteroatoms. The van der Waals surface area contributed by atoms with Crippen LogP contribution >= 0.6 is 0 Å². The van der Waals surface area contributed by atoms with Crippen molar-refractivity contribution in [2.24, 2.45) is 5.92 Å². The highest BCUT2D eigenvalue weighted by molar-refractivity contribution is 5.76. The number of aromatic nitrogens is 3. The molecule has 126 valence electrons. The van der Waals surface area contributed by atoms with E-state index >= 15 is 0 Å². The van der Waals surface area contributed by atoms with Gasteiger partial charge in [0, 0.05) is 37.0 Å². The molecule has 23 heavy (non-hydrogen) atoms. The van der Waals surface area contributed by atoms with Gasteiger partial charge >= 0.3 is 0 Å². The van der Waals surface area contributed by atoms with Crippen molar-refractivity contribution in [2.75, 3.05) is 7.05 Å². The van der Waals surface area contributed by atoms with Crippen LogP contribution in [0, 0.1) is 26.7 Å². The summed E-state index contributed by atoms with van der Waals surface area (Å²) in [5.74, 6) is 0.638. The van der Waals surface area contributed by atoms with Crippen LogP contribution in [0.2, 0.25) is 0 Å². The van der Waals surface area contributed by atoms with Gasteiger partial charge in [0.1, 0.15) is 0 Å². The molecule has 0 aliphatic heterocycles. The van der Waals surface area contributed by atoms with Gasteiger partial charge in [-0.2, -0.15) is 5.10 Å². The van der Waals surface area contributed by atoms with Crippen molar-refractivity contribution in [3.8, 4) is 0 Å². The summed E-state index contributed by atoms with van der Waals surface area (Å²) in [4.78, 5) is 18.9. The third-order valence-corrected chi connectivity index (χ3v) is 4.84. The lowest BCUT2D eigenvalue weighted by Gasteiger charge is -2.28. The summed E-state index contributed by atoms with van der Waals surface area (Å²) in [7, 11) is 1.89. The molecule has 1 unspecified atom stereocenters. The monoisotopic (exact) mass is 316 g/mol. The summed E-state index contributed by atoms with van der Waals surface area (Å²) >= 11 is 0. The van der Waals surface area contributed by atoms with Crippen molar-refractivity contribution in [3.05, 3.63) is 28.7 Å². The summed E-state index contributed by atoms with van der Waals surface area (Å²) < 4.78 is 1.88. The van der Waals surface area contributed by atoms with Gasteiger partial charge in [0.25, 0.3) is 0 Å². The number of nitrogens with zero attached hydrogens (tertiary/aromatic N) is 4. The lowest BCUT2D eigenvalue weighted by molar-refractivity contribution is -0.132. The van der Waals surface area contributed by atoms with E-state index in [0.717, 1.165) is 28.3 Å². The molecule has 1 atom stereocenters. The zero-order chi connectivity index (χ0) is 17.3. The molecule has 5 nitrogen and oxygen atoms in total. The van der Waals surface area contributed by atoms with E-state index < -0.39 is 0 Å². The van der Waals surface area contributed by atoms with Gasteiger partial charge in [-0.1, -0.05) is 13.8 Å². The van der Waals surface area contributed by atoms with E-state index in [-0.39, 0.29) is 11.9 Å². The van der Waals surface area contributed by atoms with Crippen molar-refractivity contribution in [1.29, 1.82) is 0 Å². The van der Waals surface area contributed by atoms with Gasteiger partial charge in [-0.15, -0.1) is 0 Å². The SMILES string of the molecule is Cc1cc2nc(C)c(CCC(=O)N(C)C(C)C(C)C)c(C)n2n1. The van der Waals surface area contributed by atoms with Gasteiger partial charge in [-0.05, 0) is 45.6 Å². The molecular weight excluding hydrogens is 288 g/mol. The average molecular weight is 316 g/mol. The molecule has 1 amide bonds. The quantitative estimate of drug-likeness (QED) is 0.851. The Morgan fingerprint density at radius 2 is 1.91 bits per heavy atom. The van der Waals surface area contributed by atoms with Crippen molar-refractivity contribution in [1.82, 2.24) is 19.5 Å². The summed E-state index contributed by atoms with van der Waals surface area (Å²) in [5.41, 5.74) is 5.02. The maximum Gasteiger partial charge on any atom is 0.222 e. The molecule has 0 aliphatic carbocycles. The largest absolute Gasteiger partial charge is 0.343 e. The van der Waals surface area contributed by atoms with Gasteiger partial charge in [0.05, 0.1) is 5.69 Å². The Hall–Kier alpha value is -1.91. The van der Waals surface area contributed by atoms with Crippen molar-refractivity contribution >= 4 is 11.6 Å². The number of aryl methyl sites for hydroxylation is 3. The third-order valence-electron chi connectivity index (χ3n) is 4.84. The first-order chi connectivity index (χ1) is 10.7. The van der Waals surface area contributed by atoms with E-state index in [0.29, 0.717) is 18.8 Å². The molecule has 0 spiro atoms. The molecule has 0 saturated heterocycles. The average Bonchev–Trinajstić information content (AvgIpc) is 2.85. The fraction of sp³-hybridized carbons (Fsp3) is 0.611. The highest BCUT2D eigenvalue weighted by Crippen LogP contribution is 2.18. The Kier molecular flexibility index (Phi) is 5.07. The Morgan fingerprint density at radius 1 is 1.26 bits per heavy atom. The smallest absolute Gasteiger partial charge is 0.222 e. The first kappa shape index (κ1) is 17.4. The number of carbonyl (C=O) groups excluding carboxylic acids is 1. The normalized spacial score (nSPS) is 12.9. The Balaban J connectivity index is 2.17. The highest BCUT2D eigenvalue weighted by atomic mass is 16.2. The summed E-state index contributed by atoms with van der Waals surface area (Å²) in [5, 5.41) is 4.49. The fourth-order valence-corrected chi connectivity index (χ4v) is 2.89. The zero-order valence-corrected chi connectivity index (χ0v) is 15.3. The van der Waals surface area contributed by atoms with Gasteiger partial charge in [-0.3, -0.25) is 4.79 Å². The molecule has 2 aromatic heterocycles. The highest BCUT2D eigenvalue weighted by Gasteiger charge is 2.19. The maximum atomic E-state index is 12.4. The predicted octanol–water partition coefficient (Wildman–Crippen LogP) is 3.09. The second-order valence-corrected chi connectivity index (χ2v) is 6.81. The van der Waals surface area contributed by atoms with Gasteiger partial charge in [0.2, 0.25) is 5.91 Å². The minimum Gasteiger partial charge on any atom is -0.343 e. The van der Waals surface area contributed by atoms with Gasteiger partial charge in [-0.25, -0.2) is 9.50 Å².